The minimum atomic E-state index is 0.716. The third kappa shape index (κ3) is 3.16. The van der Waals surface area contributed by atoms with E-state index in [-0.39, 0.29) is 0 Å². The Kier molecular flexibility index (Phi) is 4.75. The second kappa shape index (κ2) is 5.74. The van der Waals surface area contributed by atoms with E-state index in [1.807, 2.05) is 0 Å². The Hall–Kier alpha value is 0.650. The van der Waals surface area contributed by atoms with Crippen LogP contribution in [0.2, 0.25) is 0 Å². The average Bonchev–Trinajstić information content (AvgIpc) is 2.56. The fraction of sp³-hybridized carbons (Fsp3) is 1.00. The van der Waals surface area contributed by atoms with Gasteiger partial charge in [-0.15, -0.1) is 0 Å². The van der Waals surface area contributed by atoms with Crippen LogP contribution in [0.5, 0.6) is 0 Å². The molecule has 2 rings (SSSR count). The van der Waals surface area contributed by atoms with Crippen molar-refractivity contribution in [2.75, 3.05) is 19.6 Å². The van der Waals surface area contributed by atoms with Crippen molar-refractivity contribution < 1.29 is 0 Å². The topological polar surface area (TPSA) is 6.48 Å². The molecule has 3 heteroatoms. The van der Waals surface area contributed by atoms with Gasteiger partial charge in [0.05, 0.1) is 0 Å². The molecule has 0 N–H and O–H groups in total. The van der Waals surface area contributed by atoms with Gasteiger partial charge >= 0.3 is 0 Å². The van der Waals surface area contributed by atoms with Gasteiger partial charge in [0, 0.05) is 35.1 Å². The maximum Gasteiger partial charge on any atom is 0.0364 e. The first kappa shape index (κ1) is 14.1. The van der Waals surface area contributed by atoms with Gasteiger partial charge in [0.2, 0.25) is 0 Å². The van der Waals surface area contributed by atoms with Crippen molar-refractivity contribution in [1.29, 1.82) is 0 Å². The summed E-state index contributed by atoms with van der Waals surface area (Å²) in [7, 11) is 0. The van der Waals surface area contributed by atoms with Crippen molar-refractivity contribution in [3.8, 4) is 0 Å². The molecule has 0 spiro atoms. The molecule has 0 saturated carbocycles. The van der Waals surface area contributed by atoms with E-state index in [9.17, 15) is 0 Å². The van der Waals surface area contributed by atoms with E-state index in [4.69, 9.17) is 0 Å². The molecule has 17 heavy (non-hydrogen) atoms. The van der Waals surface area contributed by atoms with Crippen LogP contribution in [-0.2, 0) is 0 Å². The third-order valence-corrected chi connectivity index (χ3v) is 5.55. The lowest BCUT2D eigenvalue weighted by molar-refractivity contribution is 0.111. The molecule has 2 aliphatic rings. The summed E-state index contributed by atoms with van der Waals surface area (Å²) < 4.78 is 0.906. The zero-order chi connectivity index (χ0) is 12.6. The summed E-state index contributed by atoms with van der Waals surface area (Å²) in [4.78, 5) is 5.33. The monoisotopic (exact) mass is 350 g/mol. The van der Waals surface area contributed by atoms with E-state index >= 15 is 0 Å². The van der Waals surface area contributed by atoms with E-state index in [1.165, 1.54) is 32.5 Å². The van der Waals surface area contributed by atoms with E-state index in [0.717, 1.165) is 21.9 Å². The highest BCUT2D eigenvalue weighted by Crippen LogP contribution is 2.32. The zero-order valence-electron chi connectivity index (χ0n) is 11.7. The van der Waals surface area contributed by atoms with Crippen molar-refractivity contribution in [2.45, 2.75) is 62.6 Å². The van der Waals surface area contributed by atoms with E-state index in [0.29, 0.717) is 6.04 Å². The van der Waals surface area contributed by atoms with Crippen LogP contribution < -0.4 is 0 Å². The minimum absolute atomic E-state index is 0.716. The highest BCUT2D eigenvalue weighted by molar-refractivity contribution is 14.1. The van der Waals surface area contributed by atoms with E-state index in [2.05, 4.69) is 60.1 Å². The standard InChI is InChI=1S/C14H27IN2/c1-10(2)17-6-5-13(12(17)4)7-11(3)16-8-14(15)9-16/h10-14H,5-9H2,1-4H3. The molecule has 0 aliphatic carbocycles. The highest BCUT2D eigenvalue weighted by Gasteiger charge is 2.35. The Bertz CT molecular complexity index is 251. The van der Waals surface area contributed by atoms with Crippen LogP contribution in [0, 0.1) is 5.92 Å². The van der Waals surface area contributed by atoms with Crippen molar-refractivity contribution in [3.63, 3.8) is 0 Å². The Morgan fingerprint density at radius 1 is 1.24 bits per heavy atom. The predicted molar refractivity (Wildman–Crippen MR) is 82.9 cm³/mol. The lowest BCUT2D eigenvalue weighted by atomic mass is 9.92. The van der Waals surface area contributed by atoms with E-state index in [1.54, 1.807) is 0 Å². The van der Waals surface area contributed by atoms with Crippen LogP contribution in [0.25, 0.3) is 0 Å². The molecule has 100 valence electrons. The number of alkyl halides is 1. The van der Waals surface area contributed by atoms with Crippen LogP contribution >= 0.6 is 22.6 Å². The summed E-state index contributed by atoms with van der Waals surface area (Å²) in [5.41, 5.74) is 0. The summed E-state index contributed by atoms with van der Waals surface area (Å²) in [6.07, 6.45) is 2.80. The predicted octanol–water partition coefficient (Wildman–Crippen LogP) is 3.00. The molecule has 2 heterocycles. The molecule has 0 amide bonds. The quantitative estimate of drug-likeness (QED) is 0.568. The third-order valence-electron chi connectivity index (χ3n) is 4.76. The van der Waals surface area contributed by atoms with Crippen LogP contribution in [0.15, 0.2) is 0 Å². The van der Waals surface area contributed by atoms with Gasteiger partial charge in [0.1, 0.15) is 0 Å². The first-order chi connectivity index (χ1) is 7.99. The minimum Gasteiger partial charge on any atom is -0.298 e. The first-order valence-electron chi connectivity index (χ1n) is 7.13. The summed E-state index contributed by atoms with van der Waals surface area (Å²) in [5, 5.41) is 0. The number of nitrogens with zero attached hydrogens (tertiary/aromatic N) is 2. The van der Waals surface area contributed by atoms with Crippen LogP contribution in [0.4, 0.5) is 0 Å². The van der Waals surface area contributed by atoms with Crippen molar-refractivity contribution in [2.24, 2.45) is 5.92 Å². The Labute approximate surface area is 120 Å². The fourth-order valence-corrected chi connectivity index (χ4v) is 4.49. The Balaban J connectivity index is 1.80. The molecular weight excluding hydrogens is 323 g/mol. The SMILES string of the molecule is CC(CC1CCN(C(C)C)C1C)N1CC(I)C1. The Morgan fingerprint density at radius 3 is 2.35 bits per heavy atom. The number of hydrogen-bond donors (Lipinski definition) is 0. The van der Waals surface area contributed by atoms with E-state index < -0.39 is 0 Å². The van der Waals surface area contributed by atoms with Gasteiger partial charge in [-0.1, -0.05) is 22.6 Å². The van der Waals surface area contributed by atoms with Crippen molar-refractivity contribution >= 4 is 22.6 Å². The molecule has 0 aromatic heterocycles. The summed E-state index contributed by atoms with van der Waals surface area (Å²) in [6, 6.07) is 2.29. The van der Waals surface area contributed by atoms with Crippen LogP contribution in [0.3, 0.4) is 0 Å². The molecule has 2 saturated heterocycles. The van der Waals surface area contributed by atoms with Gasteiger partial charge in [0.25, 0.3) is 0 Å². The van der Waals surface area contributed by atoms with Gasteiger partial charge in [-0.05, 0) is 53.0 Å². The maximum absolute atomic E-state index is 2.68. The lowest BCUT2D eigenvalue weighted by Gasteiger charge is -2.42. The number of halogens is 1. The van der Waals surface area contributed by atoms with Gasteiger partial charge < -0.3 is 0 Å². The van der Waals surface area contributed by atoms with Gasteiger partial charge in [-0.25, -0.2) is 0 Å². The van der Waals surface area contributed by atoms with Gasteiger partial charge in [-0.2, -0.15) is 0 Å². The van der Waals surface area contributed by atoms with Crippen LogP contribution in [0.1, 0.15) is 40.5 Å². The molecule has 3 atom stereocenters. The largest absolute Gasteiger partial charge is 0.298 e. The second-order valence-electron chi connectivity index (χ2n) is 6.26. The summed E-state index contributed by atoms with van der Waals surface area (Å²) in [6.45, 7) is 13.5. The average molecular weight is 350 g/mol. The summed E-state index contributed by atoms with van der Waals surface area (Å²) >= 11 is 2.57. The number of rotatable bonds is 4. The highest BCUT2D eigenvalue weighted by atomic mass is 127. The van der Waals surface area contributed by atoms with Gasteiger partial charge in [0.15, 0.2) is 0 Å². The molecule has 0 aromatic carbocycles. The second-order valence-corrected chi connectivity index (χ2v) is 8.02. The fourth-order valence-electron chi connectivity index (χ4n) is 3.48. The molecule has 2 fully saturated rings. The molecule has 0 aromatic rings. The number of hydrogen-bond acceptors (Lipinski definition) is 2. The zero-order valence-corrected chi connectivity index (χ0v) is 13.9. The molecule has 3 unspecified atom stereocenters. The number of likely N-dealkylation sites (tertiary alicyclic amines) is 2. The molecule has 0 bridgehead atoms. The smallest absolute Gasteiger partial charge is 0.0364 e. The lowest BCUT2D eigenvalue weighted by Crippen LogP contribution is -2.52. The van der Waals surface area contributed by atoms with Crippen LogP contribution in [-0.4, -0.2) is 51.5 Å². The maximum atomic E-state index is 2.68. The molecule has 2 nitrogen and oxygen atoms in total. The molecule has 0 radical (unpaired) electrons. The summed E-state index contributed by atoms with van der Waals surface area (Å²) in [5.74, 6) is 0.917. The van der Waals surface area contributed by atoms with Crippen molar-refractivity contribution in [1.82, 2.24) is 9.80 Å². The van der Waals surface area contributed by atoms with Crippen molar-refractivity contribution in [3.05, 3.63) is 0 Å². The Morgan fingerprint density at radius 2 is 1.88 bits per heavy atom. The first-order valence-corrected chi connectivity index (χ1v) is 8.37. The van der Waals surface area contributed by atoms with Gasteiger partial charge in [-0.3, -0.25) is 9.80 Å². The molecular formula is C14H27IN2. The molecule has 2 aliphatic heterocycles. The normalized spacial score (nSPS) is 34.2.